The van der Waals surface area contributed by atoms with Gasteiger partial charge in [-0.1, -0.05) is 0 Å². The molecule has 58 valence electrons. The first kappa shape index (κ1) is 6.48. The van der Waals surface area contributed by atoms with Crippen LogP contribution in [0, 0.1) is 5.92 Å². The molecular formula is C5H7FO4. The molecule has 3 N–H and O–H groups in total. The molecular weight excluding hydrogens is 143 g/mol. The van der Waals surface area contributed by atoms with E-state index < -0.39 is 30.3 Å². The molecule has 0 aromatic carbocycles. The predicted molar refractivity (Wildman–Crippen MR) is 26.4 cm³/mol. The second-order valence-corrected chi connectivity index (χ2v) is 2.69. The molecule has 3 aliphatic rings. The number of rotatable bonds is 0. The third-order valence-corrected chi connectivity index (χ3v) is 2.14. The van der Waals surface area contributed by atoms with Gasteiger partial charge in [0.05, 0.1) is 12.0 Å². The zero-order valence-electron chi connectivity index (χ0n) is 4.94. The molecule has 0 radical (unpaired) electrons. The third-order valence-electron chi connectivity index (χ3n) is 2.14. The average Bonchev–Trinajstić information content (AvgIpc) is 2.20. The van der Waals surface area contributed by atoms with Gasteiger partial charge < -0.3 is 20.1 Å². The number of hydrogen-bond donors (Lipinski definition) is 3. The molecule has 10 heavy (non-hydrogen) atoms. The summed E-state index contributed by atoms with van der Waals surface area (Å²) in [7, 11) is 0. The Balaban J connectivity index is 2.25. The normalized spacial score (nSPS) is 66.0. The molecule has 0 aromatic heterocycles. The lowest BCUT2D eigenvalue weighted by Crippen LogP contribution is -2.62. The molecule has 5 atom stereocenters. The number of halogens is 1. The van der Waals surface area contributed by atoms with Crippen LogP contribution in [-0.2, 0) is 4.74 Å². The molecule has 1 saturated carbocycles. The van der Waals surface area contributed by atoms with E-state index in [4.69, 9.17) is 15.3 Å². The van der Waals surface area contributed by atoms with Crippen LogP contribution in [0.25, 0.3) is 0 Å². The van der Waals surface area contributed by atoms with Gasteiger partial charge in [-0.25, -0.2) is 4.39 Å². The molecule has 0 aromatic rings. The fourth-order valence-electron chi connectivity index (χ4n) is 1.52. The number of alkyl halides is 1. The summed E-state index contributed by atoms with van der Waals surface area (Å²) in [6.45, 7) is 0. The zero-order chi connectivity index (χ0) is 7.52. The van der Waals surface area contributed by atoms with E-state index in [2.05, 4.69) is 4.74 Å². The molecule has 0 amide bonds. The third kappa shape index (κ3) is 0.462. The van der Waals surface area contributed by atoms with Crippen molar-refractivity contribution in [3.05, 3.63) is 0 Å². The topological polar surface area (TPSA) is 69.9 Å². The van der Waals surface area contributed by atoms with Crippen LogP contribution in [0.3, 0.4) is 0 Å². The highest BCUT2D eigenvalue weighted by molar-refractivity contribution is 5.11. The van der Waals surface area contributed by atoms with Crippen molar-refractivity contribution in [2.45, 2.75) is 24.4 Å². The summed E-state index contributed by atoms with van der Waals surface area (Å²) >= 11 is 0. The maximum Gasteiger partial charge on any atom is 0.246 e. The maximum atomic E-state index is 12.7. The zero-order valence-corrected chi connectivity index (χ0v) is 4.94. The van der Waals surface area contributed by atoms with Crippen molar-refractivity contribution >= 4 is 0 Å². The van der Waals surface area contributed by atoms with Gasteiger partial charge in [0, 0.05) is 0 Å². The standard InChI is InChI=1S/C5H7FO4/c6-5(9)1-2(7)3(5)10-4(1)8/h1-4,7-9H/t1?,2?,3-,4-,5?/m0/s1. The minimum atomic E-state index is -2.53. The molecule has 2 heterocycles. The molecule has 3 unspecified atom stereocenters. The van der Waals surface area contributed by atoms with E-state index >= 15 is 0 Å². The number of ether oxygens (including phenoxy) is 1. The highest BCUT2D eigenvalue weighted by atomic mass is 19.2. The Morgan fingerprint density at radius 2 is 2.00 bits per heavy atom. The first-order chi connectivity index (χ1) is 4.55. The Bertz CT molecular complexity index is 167. The van der Waals surface area contributed by atoms with E-state index in [1.165, 1.54) is 0 Å². The first-order valence-corrected chi connectivity index (χ1v) is 2.98. The van der Waals surface area contributed by atoms with Crippen molar-refractivity contribution in [3.63, 3.8) is 0 Å². The van der Waals surface area contributed by atoms with Crippen molar-refractivity contribution in [1.29, 1.82) is 0 Å². The Labute approximate surface area is 55.8 Å². The smallest absolute Gasteiger partial charge is 0.246 e. The van der Waals surface area contributed by atoms with Crippen molar-refractivity contribution in [2.75, 3.05) is 0 Å². The van der Waals surface area contributed by atoms with Crippen LogP contribution in [0.4, 0.5) is 4.39 Å². The van der Waals surface area contributed by atoms with Crippen LogP contribution in [0.1, 0.15) is 0 Å². The molecule has 0 spiro atoms. The maximum absolute atomic E-state index is 12.7. The molecule has 1 aliphatic carbocycles. The fourth-order valence-corrected chi connectivity index (χ4v) is 1.52. The van der Waals surface area contributed by atoms with Gasteiger partial charge in [-0.15, -0.1) is 0 Å². The summed E-state index contributed by atoms with van der Waals surface area (Å²) in [5.74, 6) is -3.71. The Morgan fingerprint density at radius 3 is 2.10 bits per heavy atom. The van der Waals surface area contributed by atoms with E-state index in [0.717, 1.165) is 0 Å². The monoisotopic (exact) mass is 150 g/mol. The highest BCUT2D eigenvalue weighted by Gasteiger charge is 2.73. The number of hydrogen-bond acceptors (Lipinski definition) is 4. The van der Waals surface area contributed by atoms with Crippen molar-refractivity contribution in [2.24, 2.45) is 5.92 Å². The summed E-state index contributed by atoms with van der Waals surface area (Å²) in [6, 6.07) is 0. The van der Waals surface area contributed by atoms with E-state index in [0.29, 0.717) is 0 Å². The molecule has 2 saturated heterocycles. The summed E-state index contributed by atoms with van der Waals surface area (Å²) in [5.41, 5.74) is 0. The number of fused-ring (bicyclic) bond motifs is 1. The minimum absolute atomic E-state index is 1.06. The van der Waals surface area contributed by atoms with Gasteiger partial charge in [0.2, 0.25) is 5.85 Å². The number of aliphatic hydroxyl groups is 3. The van der Waals surface area contributed by atoms with Gasteiger partial charge in [0.25, 0.3) is 0 Å². The van der Waals surface area contributed by atoms with E-state index in [1.54, 1.807) is 0 Å². The van der Waals surface area contributed by atoms with Crippen LogP contribution in [0.5, 0.6) is 0 Å². The molecule has 4 nitrogen and oxygen atoms in total. The Hall–Kier alpha value is -0.230. The first-order valence-electron chi connectivity index (χ1n) is 2.98. The summed E-state index contributed by atoms with van der Waals surface area (Å²) in [4.78, 5) is 0. The number of aliphatic hydroxyl groups excluding tert-OH is 2. The lowest BCUT2D eigenvalue weighted by atomic mass is 9.76. The molecule has 3 fully saturated rings. The second-order valence-electron chi connectivity index (χ2n) is 2.69. The van der Waals surface area contributed by atoms with E-state index in [1.807, 2.05) is 0 Å². The van der Waals surface area contributed by atoms with Crippen LogP contribution < -0.4 is 0 Å². The van der Waals surface area contributed by atoms with Crippen LogP contribution in [0.15, 0.2) is 0 Å². The second kappa shape index (κ2) is 1.50. The average molecular weight is 150 g/mol. The van der Waals surface area contributed by atoms with Crippen LogP contribution in [-0.4, -0.2) is 39.7 Å². The molecule has 3 rings (SSSR count). The van der Waals surface area contributed by atoms with Crippen molar-refractivity contribution in [1.82, 2.24) is 0 Å². The minimum Gasteiger partial charge on any atom is -0.389 e. The molecule has 2 bridgehead atoms. The quantitative estimate of drug-likeness (QED) is 0.387. The Kier molecular flexibility index (Phi) is 0.974. The van der Waals surface area contributed by atoms with Gasteiger partial charge in [-0.3, -0.25) is 0 Å². The largest absolute Gasteiger partial charge is 0.389 e. The summed E-state index contributed by atoms with van der Waals surface area (Å²) < 4.78 is 17.1. The Morgan fingerprint density at radius 1 is 1.40 bits per heavy atom. The van der Waals surface area contributed by atoms with E-state index in [-0.39, 0.29) is 0 Å². The van der Waals surface area contributed by atoms with E-state index in [9.17, 15) is 4.39 Å². The van der Waals surface area contributed by atoms with Gasteiger partial charge >= 0.3 is 0 Å². The predicted octanol–water partition coefficient (Wildman–Crippen LogP) is -1.65. The SMILES string of the molecule is OC1C2[C@@H](O)O[C@@H]1C2(O)F. The van der Waals surface area contributed by atoms with Crippen LogP contribution >= 0.6 is 0 Å². The van der Waals surface area contributed by atoms with Gasteiger partial charge in [-0.05, 0) is 0 Å². The lowest BCUT2D eigenvalue weighted by molar-refractivity contribution is -0.262. The van der Waals surface area contributed by atoms with Gasteiger partial charge in [0.1, 0.15) is 6.10 Å². The summed E-state index contributed by atoms with van der Waals surface area (Å²) in [6.07, 6.45) is -3.69. The van der Waals surface area contributed by atoms with Crippen LogP contribution in [0.2, 0.25) is 0 Å². The fraction of sp³-hybridized carbons (Fsp3) is 1.00. The highest BCUT2D eigenvalue weighted by Crippen LogP contribution is 2.51. The van der Waals surface area contributed by atoms with Gasteiger partial charge in [-0.2, -0.15) is 0 Å². The van der Waals surface area contributed by atoms with Gasteiger partial charge in [0.15, 0.2) is 6.29 Å². The van der Waals surface area contributed by atoms with Crippen molar-refractivity contribution in [3.8, 4) is 0 Å². The summed E-state index contributed by atoms with van der Waals surface area (Å²) in [5, 5.41) is 26.4. The molecule has 2 aliphatic heterocycles. The van der Waals surface area contributed by atoms with Crippen molar-refractivity contribution < 1.29 is 24.4 Å². The molecule has 5 heteroatoms. The lowest BCUT2D eigenvalue weighted by Gasteiger charge is -2.39.